The lowest BCUT2D eigenvalue weighted by Gasteiger charge is -2.19. The maximum Gasteiger partial charge on any atom is 0.407 e. The van der Waals surface area contributed by atoms with E-state index in [1.54, 1.807) is 33.0 Å². The second-order valence-corrected chi connectivity index (χ2v) is 5.10. The molecule has 2 heterocycles. The summed E-state index contributed by atoms with van der Waals surface area (Å²) < 4.78 is 6.41. The largest absolute Gasteiger partial charge is 0.444 e. The number of rotatable bonds is 2. The Hall–Kier alpha value is -2.31. The fourth-order valence-corrected chi connectivity index (χ4v) is 1.54. The summed E-state index contributed by atoms with van der Waals surface area (Å²) in [5, 5.41) is 5.30. The zero-order valence-corrected chi connectivity index (χ0v) is 11.1. The van der Waals surface area contributed by atoms with E-state index >= 15 is 0 Å². The van der Waals surface area contributed by atoms with Gasteiger partial charge in [-0.3, -0.25) is 9.89 Å². The van der Waals surface area contributed by atoms with Gasteiger partial charge in [0.05, 0.1) is 12.2 Å². The van der Waals surface area contributed by atoms with Gasteiger partial charge in [0.2, 0.25) is 0 Å². The van der Waals surface area contributed by atoms with Crippen LogP contribution in [0.5, 0.6) is 0 Å². The third-order valence-electron chi connectivity index (χ3n) is 2.25. The Kier molecular flexibility index (Phi) is 3.28. The number of hydrogen-bond acceptors (Lipinski definition) is 4. The van der Waals surface area contributed by atoms with Crippen molar-refractivity contribution in [2.24, 2.45) is 0 Å². The van der Waals surface area contributed by atoms with Gasteiger partial charge in [0.25, 0.3) is 5.56 Å². The van der Waals surface area contributed by atoms with Crippen molar-refractivity contribution in [1.82, 2.24) is 19.9 Å². The third kappa shape index (κ3) is 3.34. The van der Waals surface area contributed by atoms with E-state index in [1.807, 2.05) is 0 Å². The lowest BCUT2D eigenvalue weighted by molar-refractivity contribution is 0.0523. The maximum atomic E-state index is 11.7. The van der Waals surface area contributed by atoms with Gasteiger partial charge >= 0.3 is 6.09 Å². The van der Waals surface area contributed by atoms with Crippen LogP contribution in [0, 0.1) is 0 Å². The van der Waals surface area contributed by atoms with E-state index in [9.17, 15) is 9.59 Å². The summed E-state index contributed by atoms with van der Waals surface area (Å²) in [7, 11) is 0. The van der Waals surface area contributed by atoms with Crippen molar-refractivity contribution in [3.05, 3.63) is 34.4 Å². The number of carbonyl (C=O) groups is 1. The summed E-state index contributed by atoms with van der Waals surface area (Å²) in [5.41, 5.74) is 0.210. The number of carbonyl (C=O) groups excluding carboxylic acids is 1. The van der Waals surface area contributed by atoms with E-state index in [0.717, 1.165) is 0 Å². The van der Waals surface area contributed by atoms with Crippen LogP contribution in [0.15, 0.2) is 23.1 Å². The van der Waals surface area contributed by atoms with Crippen molar-refractivity contribution in [3.63, 3.8) is 0 Å². The highest BCUT2D eigenvalue weighted by Gasteiger charge is 2.16. The van der Waals surface area contributed by atoms with Crippen molar-refractivity contribution in [1.29, 1.82) is 0 Å². The lowest BCUT2D eigenvalue weighted by atomic mass is 10.2. The zero-order valence-electron chi connectivity index (χ0n) is 11.1. The minimum atomic E-state index is -0.554. The monoisotopic (exact) mass is 264 g/mol. The number of amides is 1. The molecule has 2 rings (SSSR count). The Balaban J connectivity index is 2.06. The number of aromatic nitrogens is 3. The van der Waals surface area contributed by atoms with Crippen LogP contribution in [-0.2, 0) is 11.3 Å². The highest BCUT2D eigenvalue weighted by Crippen LogP contribution is 2.06. The molecule has 2 aromatic rings. The Bertz CT molecular complexity index is 651. The Morgan fingerprint density at radius 1 is 1.53 bits per heavy atom. The molecule has 0 aliphatic rings. The van der Waals surface area contributed by atoms with E-state index < -0.39 is 11.7 Å². The number of ether oxygens (including phenoxy) is 1. The van der Waals surface area contributed by atoms with Crippen LogP contribution in [-0.4, -0.2) is 26.3 Å². The molecule has 0 aliphatic heterocycles. The molecule has 0 aromatic carbocycles. The van der Waals surface area contributed by atoms with Gasteiger partial charge in [-0.25, -0.2) is 14.3 Å². The molecular formula is C12H16N4O3. The molecule has 0 saturated heterocycles. The number of nitrogens with one attached hydrogen (secondary N) is 2. The summed E-state index contributed by atoms with van der Waals surface area (Å²) in [6.07, 6.45) is 1.08. The normalized spacial score (nSPS) is 11.5. The summed E-state index contributed by atoms with van der Waals surface area (Å²) in [6.45, 7) is 5.49. The highest BCUT2D eigenvalue weighted by molar-refractivity contribution is 5.67. The lowest BCUT2D eigenvalue weighted by Crippen LogP contribution is -2.32. The molecule has 1 amide bonds. The SMILES string of the molecule is CC(C)(C)OC(=O)NCc1cc(=O)n2[nH]ccc2n1. The molecule has 0 unspecified atom stereocenters. The first-order valence-corrected chi connectivity index (χ1v) is 5.88. The first-order valence-electron chi connectivity index (χ1n) is 5.88. The quantitative estimate of drug-likeness (QED) is 0.848. The van der Waals surface area contributed by atoms with Crippen molar-refractivity contribution < 1.29 is 9.53 Å². The summed E-state index contributed by atoms with van der Waals surface area (Å²) >= 11 is 0. The van der Waals surface area contributed by atoms with Gasteiger partial charge in [-0.15, -0.1) is 0 Å². The molecule has 0 spiro atoms. The first-order chi connectivity index (χ1) is 8.85. The van der Waals surface area contributed by atoms with Gasteiger partial charge in [-0.05, 0) is 20.8 Å². The van der Waals surface area contributed by atoms with E-state index in [0.29, 0.717) is 11.3 Å². The number of fused-ring (bicyclic) bond motifs is 1. The van der Waals surface area contributed by atoms with Crippen LogP contribution >= 0.6 is 0 Å². The van der Waals surface area contributed by atoms with Gasteiger partial charge in [0, 0.05) is 18.3 Å². The average molecular weight is 264 g/mol. The van der Waals surface area contributed by atoms with Gasteiger partial charge in [-0.2, -0.15) is 0 Å². The van der Waals surface area contributed by atoms with Crippen molar-refractivity contribution in [3.8, 4) is 0 Å². The highest BCUT2D eigenvalue weighted by atomic mass is 16.6. The molecule has 0 atom stereocenters. The van der Waals surface area contributed by atoms with E-state index in [1.165, 1.54) is 10.6 Å². The van der Waals surface area contributed by atoms with Gasteiger partial charge in [0.15, 0.2) is 5.65 Å². The molecule has 102 valence electrons. The van der Waals surface area contributed by atoms with Crippen LogP contribution in [0.4, 0.5) is 4.79 Å². The number of hydrogen-bond donors (Lipinski definition) is 2. The Morgan fingerprint density at radius 2 is 2.26 bits per heavy atom. The molecule has 7 nitrogen and oxygen atoms in total. The Labute approximate surface area is 109 Å². The second-order valence-electron chi connectivity index (χ2n) is 5.10. The van der Waals surface area contributed by atoms with Gasteiger partial charge in [-0.1, -0.05) is 0 Å². The predicted molar refractivity (Wildman–Crippen MR) is 68.9 cm³/mol. The van der Waals surface area contributed by atoms with Crippen LogP contribution in [0.25, 0.3) is 5.65 Å². The van der Waals surface area contributed by atoms with Crippen LogP contribution in [0.1, 0.15) is 26.5 Å². The van der Waals surface area contributed by atoms with Gasteiger partial charge < -0.3 is 10.1 Å². The number of H-pyrrole nitrogens is 1. The summed E-state index contributed by atoms with van der Waals surface area (Å²) in [6, 6.07) is 3.04. The smallest absolute Gasteiger partial charge is 0.407 e. The second kappa shape index (κ2) is 4.75. The average Bonchev–Trinajstić information content (AvgIpc) is 2.72. The zero-order chi connectivity index (χ0) is 14.0. The molecule has 0 saturated carbocycles. The van der Waals surface area contributed by atoms with Crippen molar-refractivity contribution >= 4 is 11.7 Å². The summed E-state index contributed by atoms with van der Waals surface area (Å²) in [5.74, 6) is 0. The fourth-order valence-electron chi connectivity index (χ4n) is 1.54. The van der Waals surface area contributed by atoms with Gasteiger partial charge in [0.1, 0.15) is 5.60 Å². The molecule has 2 N–H and O–H groups in total. The van der Waals surface area contributed by atoms with Crippen molar-refractivity contribution in [2.45, 2.75) is 32.9 Å². The van der Waals surface area contributed by atoms with E-state index in [-0.39, 0.29) is 12.1 Å². The first kappa shape index (κ1) is 13.1. The standard InChI is InChI=1S/C12H16N4O3/c1-12(2,3)19-11(18)13-7-8-6-10(17)16-9(15-8)4-5-14-16/h4-6,14H,7H2,1-3H3,(H,13,18). The molecule has 0 radical (unpaired) electrons. The molecule has 0 aliphatic carbocycles. The van der Waals surface area contributed by atoms with E-state index in [2.05, 4.69) is 15.4 Å². The predicted octanol–water partition coefficient (Wildman–Crippen LogP) is 1.05. The topological polar surface area (TPSA) is 88.5 Å². The molecule has 7 heteroatoms. The molecular weight excluding hydrogens is 248 g/mol. The third-order valence-corrected chi connectivity index (χ3v) is 2.25. The van der Waals surface area contributed by atoms with Crippen LogP contribution in [0.2, 0.25) is 0 Å². The van der Waals surface area contributed by atoms with E-state index in [4.69, 9.17) is 4.74 Å². The fraction of sp³-hybridized carbons (Fsp3) is 0.417. The maximum absolute atomic E-state index is 11.7. The molecule has 0 fully saturated rings. The number of alkyl carbamates (subject to hydrolysis) is 1. The van der Waals surface area contributed by atoms with Crippen LogP contribution in [0.3, 0.4) is 0 Å². The molecule has 19 heavy (non-hydrogen) atoms. The number of nitrogens with zero attached hydrogens (tertiary/aromatic N) is 2. The molecule has 2 aromatic heterocycles. The minimum absolute atomic E-state index is 0.145. The van der Waals surface area contributed by atoms with Crippen molar-refractivity contribution in [2.75, 3.05) is 0 Å². The molecule has 0 bridgehead atoms. The van der Waals surface area contributed by atoms with Crippen LogP contribution < -0.4 is 10.9 Å². The Morgan fingerprint density at radius 3 is 2.95 bits per heavy atom. The minimum Gasteiger partial charge on any atom is -0.444 e. The summed E-state index contributed by atoms with van der Waals surface area (Å²) in [4.78, 5) is 27.4. The number of aromatic amines is 1.